The Labute approximate surface area is 120 Å². The van der Waals surface area contributed by atoms with Gasteiger partial charge in [-0.2, -0.15) is 0 Å². The van der Waals surface area contributed by atoms with Crippen LogP contribution in [0.3, 0.4) is 0 Å². The van der Waals surface area contributed by atoms with Crippen LogP contribution < -0.4 is 5.56 Å². The van der Waals surface area contributed by atoms with Gasteiger partial charge in [-0.15, -0.1) is 17.8 Å². The Morgan fingerprint density at radius 3 is 2.80 bits per heavy atom. The smallest absolute Gasteiger partial charge is 0.348 e. The molecule has 0 bridgehead atoms. The van der Waals surface area contributed by atoms with Gasteiger partial charge in [-0.3, -0.25) is 9.36 Å². The van der Waals surface area contributed by atoms with Gasteiger partial charge in [0, 0.05) is 0 Å². The number of nitrogens with zero attached hydrogens (tertiary/aromatic N) is 2. The van der Waals surface area contributed by atoms with Gasteiger partial charge in [-0.1, -0.05) is 5.92 Å². The molecule has 2 rings (SSSR count). The van der Waals surface area contributed by atoms with Crippen LogP contribution in [-0.2, 0) is 11.3 Å². The average Bonchev–Trinajstić information content (AvgIpc) is 2.72. The van der Waals surface area contributed by atoms with E-state index in [1.807, 2.05) is 0 Å². The lowest BCUT2D eigenvalue weighted by Gasteiger charge is -2.05. The molecule has 2 aromatic heterocycles. The largest absolute Gasteiger partial charge is 0.462 e. The van der Waals surface area contributed by atoms with Crippen LogP contribution in [0, 0.1) is 26.2 Å². The number of ether oxygens (including phenoxy) is 1. The van der Waals surface area contributed by atoms with Gasteiger partial charge in [0.1, 0.15) is 15.5 Å². The molecule has 5 nitrogen and oxygen atoms in total. The van der Waals surface area contributed by atoms with Crippen LogP contribution in [0.2, 0.25) is 0 Å². The van der Waals surface area contributed by atoms with E-state index in [2.05, 4.69) is 10.9 Å². The van der Waals surface area contributed by atoms with Crippen molar-refractivity contribution in [3.05, 3.63) is 26.6 Å². The van der Waals surface area contributed by atoms with Crippen LogP contribution in [0.1, 0.15) is 28.0 Å². The van der Waals surface area contributed by atoms with Crippen molar-refractivity contribution < 1.29 is 9.53 Å². The van der Waals surface area contributed by atoms with Gasteiger partial charge in [0.05, 0.1) is 18.5 Å². The standard InChI is InChI=1S/C14H14N2O3S/c1-5-7-16-9(4)15-12-10(13(16)17)8(3)11(20-12)14(18)19-6-2/h1H,6-7H2,2-4H3. The molecule has 0 N–H and O–H groups in total. The van der Waals surface area contributed by atoms with Gasteiger partial charge in [0.25, 0.3) is 5.56 Å². The second-order valence-corrected chi connectivity index (χ2v) is 5.21. The van der Waals surface area contributed by atoms with E-state index in [1.165, 1.54) is 15.9 Å². The van der Waals surface area contributed by atoms with Crippen molar-refractivity contribution in [1.29, 1.82) is 0 Å². The number of hydrogen-bond donors (Lipinski definition) is 0. The number of aryl methyl sites for hydroxylation is 2. The summed E-state index contributed by atoms with van der Waals surface area (Å²) in [6.45, 7) is 5.64. The number of thiophene rings is 1. The molecule has 0 atom stereocenters. The molecule has 0 unspecified atom stereocenters. The summed E-state index contributed by atoms with van der Waals surface area (Å²) >= 11 is 1.18. The molecule has 0 aliphatic carbocycles. The number of rotatable bonds is 3. The van der Waals surface area contributed by atoms with Crippen molar-refractivity contribution in [2.75, 3.05) is 6.61 Å². The van der Waals surface area contributed by atoms with Crippen LogP contribution in [-0.4, -0.2) is 22.1 Å². The van der Waals surface area contributed by atoms with Crippen molar-refractivity contribution in [2.45, 2.75) is 27.3 Å². The van der Waals surface area contributed by atoms with Gasteiger partial charge in [-0.25, -0.2) is 9.78 Å². The van der Waals surface area contributed by atoms with Gasteiger partial charge in [0.15, 0.2) is 0 Å². The molecule has 0 saturated heterocycles. The topological polar surface area (TPSA) is 61.2 Å². The third-order valence-corrected chi connectivity index (χ3v) is 4.12. The molecule has 0 aliphatic rings. The second kappa shape index (κ2) is 5.47. The van der Waals surface area contributed by atoms with Crippen molar-refractivity contribution in [3.8, 4) is 12.3 Å². The van der Waals surface area contributed by atoms with Gasteiger partial charge >= 0.3 is 5.97 Å². The van der Waals surface area contributed by atoms with Gasteiger partial charge in [0.2, 0.25) is 0 Å². The third kappa shape index (κ3) is 2.21. The summed E-state index contributed by atoms with van der Waals surface area (Å²) in [4.78, 5) is 29.6. The Morgan fingerprint density at radius 1 is 1.50 bits per heavy atom. The number of fused-ring (bicyclic) bond motifs is 1. The molecule has 20 heavy (non-hydrogen) atoms. The van der Waals surface area contributed by atoms with E-state index < -0.39 is 5.97 Å². The van der Waals surface area contributed by atoms with Crippen molar-refractivity contribution >= 4 is 27.5 Å². The molecular weight excluding hydrogens is 276 g/mol. The number of esters is 1. The van der Waals surface area contributed by atoms with E-state index in [4.69, 9.17) is 11.2 Å². The van der Waals surface area contributed by atoms with Gasteiger partial charge in [-0.05, 0) is 26.3 Å². The van der Waals surface area contributed by atoms with Crippen LogP contribution >= 0.6 is 11.3 Å². The zero-order valence-electron chi connectivity index (χ0n) is 11.5. The lowest BCUT2D eigenvalue weighted by atomic mass is 10.2. The molecule has 0 fully saturated rings. The highest BCUT2D eigenvalue weighted by Gasteiger charge is 2.21. The van der Waals surface area contributed by atoms with Crippen molar-refractivity contribution in [1.82, 2.24) is 9.55 Å². The first kappa shape index (κ1) is 14.3. The minimum absolute atomic E-state index is 0.164. The summed E-state index contributed by atoms with van der Waals surface area (Å²) in [5, 5.41) is 0.443. The molecule has 2 heterocycles. The summed E-state index contributed by atoms with van der Waals surface area (Å²) in [5.41, 5.74) is 0.390. The highest BCUT2D eigenvalue weighted by molar-refractivity contribution is 7.20. The van der Waals surface area contributed by atoms with E-state index in [0.29, 0.717) is 33.1 Å². The summed E-state index contributed by atoms with van der Waals surface area (Å²) in [5.74, 6) is 2.55. The first-order chi connectivity index (χ1) is 9.51. The van der Waals surface area contributed by atoms with E-state index in [1.54, 1.807) is 20.8 Å². The van der Waals surface area contributed by atoms with E-state index in [-0.39, 0.29) is 12.1 Å². The minimum atomic E-state index is -0.423. The summed E-state index contributed by atoms with van der Waals surface area (Å²) in [6.07, 6.45) is 5.26. The quantitative estimate of drug-likeness (QED) is 0.639. The predicted molar refractivity (Wildman–Crippen MR) is 78.1 cm³/mol. The zero-order chi connectivity index (χ0) is 14.9. The maximum atomic E-state index is 12.4. The Bertz CT molecular complexity index is 780. The Kier molecular flexibility index (Phi) is 3.91. The fourth-order valence-corrected chi connectivity index (χ4v) is 3.10. The fourth-order valence-electron chi connectivity index (χ4n) is 1.99. The highest BCUT2D eigenvalue weighted by Crippen LogP contribution is 2.27. The van der Waals surface area contributed by atoms with E-state index in [0.717, 1.165) is 0 Å². The fraction of sp³-hybridized carbons (Fsp3) is 0.357. The Hall–Kier alpha value is -2.13. The van der Waals surface area contributed by atoms with Crippen LogP contribution in [0.15, 0.2) is 4.79 Å². The molecule has 0 saturated carbocycles. The molecular formula is C14H14N2O3S. The number of terminal acetylenes is 1. The Balaban J connectivity index is 2.73. The lowest BCUT2D eigenvalue weighted by Crippen LogP contribution is -2.23. The summed E-state index contributed by atoms with van der Waals surface area (Å²) < 4.78 is 6.42. The van der Waals surface area contributed by atoms with Gasteiger partial charge < -0.3 is 4.74 Å². The number of carbonyl (C=O) groups excluding carboxylic acids is 1. The molecule has 2 aromatic rings. The lowest BCUT2D eigenvalue weighted by molar-refractivity contribution is 0.0531. The van der Waals surface area contributed by atoms with Crippen LogP contribution in [0.5, 0.6) is 0 Å². The normalized spacial score (nSPS) is 10.5. The third-order valence-electron chi connectivity index (χ3n) is 2.95. The zero-order valence-corrected chi connectivity index (χ0v) is 12.3. The summed E-state index contributed by atoms with van der Waals surface area (Å²) in [7, 11) is 0. The van der Waals surface area contributed by atoms with E-state index >= 15 is 0 Å². The SMILES string of the molecule is C#CCn1c(C)nc2sc(C(=O)OCC)c(C)c2c1=O. The first-order valence-corrected chi connectivity index (χ1v) is 6.94. The van der Waals surface area contributed by atoms with Crippen molar-refractivity contribution in [3.63, 3.8) is 0 Å². The Morgan fingerprint density at radius 2 is 2.20 bits per heavy atom. The molecule has 0 amide bonds. The number of carbonyl (C=O) groups is 1. The molecule has 0 aliphatic heterocycles. The molecule has 104 valence electrons. The molecule has 6 heteroatoms. The van der Waals surface area contributed by atoms with E-state index in [9.17, 15) is 9.59 Å². The molecule has 0 radical (unpaired) electrons. The highest BCUT2D eigenvalue weighted by atomic mass is 32.1. The minimum Gasteiger partial charge on any atom is -0.462 e. The maximum Gasteiger partial charge on any atom is 0.348 e. The van der Waals surface area contributed by atoms with Crippen LogP contribution in [0.4, 0.5) is 0 Å². The summed E-state index contributed by atoms with van der Waals surface area (Å²) in [6, 6.07) is 0. The average molecular weight is 290 g/mol. The first-order valence-electron chi connectivity index (χ1n) is 6.12. The monoisotopic (exact) mass is 290 g/mol. The number of aromatic nitrogens is 2. The van der Waals surface area contributed by atoms with Crippen molar-refractivity contribution in [2.24, 2.45) is 0 Å². The predicted octanol–water partition coefficient (Wildman–Crippen LogP) is 1.88. The maximum absolute atomic E-state index is 12.4. The second-order valence-electron chi connectivity index (χ2n) is 4.21. The number of hydrogen-bond acceptors (Lipinski definition) is 5. The molecule has 0 spiro atoms. The van der Waals surface area contributed by atoms with Crippen LogP contribution in [0.25, 0.3) is 10.2 Å². The molecule has 0 aromatic carbocycles.